The molecular weight excluding hydrogens is 372 g/mol. The largest absolute Gasteiger partial charge is 0.495 e. The predicted octanol–water partition coefficient (Wildman–Crippen LogP) is 3.07. The fourth-order valence-electron chi connectivity index (χ4n) is 2.89. The van der Waals surface area contributed by atoms with Crippen molar-refractivity contribution in [1.82, 2.24) is 4.90 Å². The summed E-state index contributed by atoms with van der Waals surface area (Å²) < 4.78 is 10.7. The van der Waals surface area contributed by atoms with Crippen LogP contribution in [0.3, 0.4) is 0 Å². The Hall–Kier alpha value is -3.31. The van der Waals surface area contributed by atoms with Crippen molar-refractivity contribution in [2.75, 3.05) is 37.4 Å². The Morgan fingerprint density at radius 1 is 1.17 bits per heavy atom. The predicted molar refractivity (Wildman–Crippen MR) is 110 cm³/mol. The molecule has 29 heavy (non-hydrogen) atoms. The molecule has 0 saturated heterocycles. The maximum absolute atomic E-state index is 12.5. The number of nitrogens with zero attached hydrogens (tertiary/aromatic N) is 2. The summed E-state index contributed by atoms with van der Waals surface area (Å²) in [6, 6.07) is 9.16. The van der Waals surface area contributed by atoms with Gasteiger partial charge in [-0.15, -0.1) is 0 Å². The maximum Gasteiger partial charge on any atom is 0.240 e. The van der Waals surface area contributed by atoms with Crippen LogP contribution >= 0.6 is 0 Å². The third-order valence-corrected chi connectivity index (χ3v) is 4.41. The van der Waals surface area contributed by atoms with Gasteiger partial charge in [-0.05, 0) is 38.9 Å². The van der Waals surface area contributed by atoms with E-state index in [-0.39, 0.29) is 30.8 Å². The molecule has 1 heterocycles. The average Bonchev–Trinajstić information content (AvgIpc) is 2.94. The molecule has 8 heteroatoms. The van der Waals surface area contributed by atoms with Crippen LogP contribution in [0.5, 0.6) is 5.75 Å². The second-order valence-electron chi connectivity index (χ2n) is 6.61. The smallest absolute Gasteiger partial charge is 0.240 e. The Labute approximate surface area is 170 Å². The first-order chi connectivity index (χ1) is 13.9. The van der Waals surface area contributed by atoms with E-state index in [1.807, 2.05) is 19.1 Å². The SMILES string of the molecule is CCCN(CC(=O)Nc1ccccc1OC)CC(=O)Nc1oc(C)c(C)c1C#N. The maximum atomic E-state index is 12.5. The highest BCUT2D eigenvalue weighted by molar-refractivity contribution is 5.95. The summed E-state index contributed by atoms with van der Waals surface area (Å²) in [6.07, 6.45) is 0.775. The molecule has 0 radical (unpaired) electrons. The zero-order valence-electron chi connectivity index (χ0n) is 17.2. The number of furan rings is 1. The molecule has 2 aromatic rings. The highest BCUT2D eigenvalue weighted by Gasteiger charge is 2.19. The van der Waals surface area contributed by atoms with Gasteiger partial charge in [0.2, 0.25) is 17.7 Å². The van der Waals surface area contributed by atoms with E-state index >= 15 is 0 Å². The number of hydrogen-bond donors (Lipinski definition) is 2. The van der Waals surface area contributed by atoms with E-state index in [1.165, 1.54) is 7.11 Å². The Balaban J connectivity index is 2.00. The monoisotopic (exact) mass is 398 g/mol. The van der Waals surface area contributed by atoms with Crippen LogP contribution in [-0.2, 0) is 9.59 Å². The third kappa shape index (κ3) is 5.83. The van der Waals surface area contributed by atoms with Crippen LogP contribution in [-0.4, -0.2) is 43.5 Å². The van der Waals surface area contributed by atoms with Gasteiger partial charge in [0, 0.05) is 5.56 Å². The molecule has 0 aliphatic carbocycles. The molecule has 0 unspecified atom stereocenters. The molecule has 1 aromatic heterocycles. The van der Waals surface area contributed by atoms with Crippen LogP contribution in [0, 0.1) is 25.2 Å². The number of hydrogen-bond acceptors (Lipinski definition) is 6. The fourth-order valence-corrected chi connectivity index (χ4v) is 2.89. The van der Waals surface area contributed by atoms with Gasteiger partial charge in [-0.25, -0.2) is 0 Å². The van der Waals surface area contributed by atoms with E-state index in [1.54, 1.807) is 36.9 Å². The van der Waals surface area contributed by atoms with Crippen LogP contribution in [0.2, 0.25) is 0 Å². The number of methoxy groups -OCH3 is 1. The first-order valence-electron chi connectivity index (χ1n) is 9.34. The van der Waals surface area contributed by atoms with Gasteiger partial charge in [-0.1, -0.05) is 19.1 Å². The Bertz CT molecular complexity index is 914. The highest BCUT2D eigenvalue weighted by atomic mass is 16.5. The molecule has 2 N–H and O–H groups in total. The number of amides is 2. The highest BCUT2D eigenvalue weighted by Crippen LogP contribution is 2.25. The number of nitrogens with one attached hydrogen (secondary N) is 2. The molecule has 2 rings (SSSR count). The number of carbonyl (C=O) groups is 2. The molecule has 0 spiro atoms. The topological polar surface area (TPSA) is 108 Å². The second-order valence-corrected chi connectivity index (χ2v) is 6.61. The van der Waals surface area contributed by atoms with Gasteiger partial charge in [0.1, 0.15) is 23.1 Å². The number of aryl methyl sites for hydroxylation is 1. The van der Waals surface area contributed by atoms with E-state index in [2.05, 4.69) is 10.6 Å². The van der Waals surface area contributed by atoms with Crippen molar-refractivity contribution in [3.63, 3.8) is 0 Å². The number of rotatable bonds is 9. The summed E-state index contributed by atoms with van der Waals surface area (Å²) in [5.74, 6) is 0.682. The number of benzene rings is 1. The quantitative estimate of drug-likeness (QED) is 0.672. The Morgan fingerprint density at radius 2 is 1.83 bits per heavy atom. The molecule has 8 nitrogen and oxygen atoms in total. The van der Waals surface area contributed by atoms with E-state index < -0.39 is 0 Å². The van der Waals surface area contributed by atoms with Crippen molar-refractivity contribution in [3.05, 3.63) is 41.2 Å². The van der Waals surface area contributed by atoms with Crippen molar-refractivity contribution in [3.8, 4) is 11.8 Å². The van der Waals surface area contributed by atoms with E-state index in [0.717, 1.165) is 6.42 Å². The van der Waals surface area contributed by atoms with Crippen LogP contribution in [0.4, 0.5) is 11.6 Å². The first kappa shape index (κ1) is 22.0. The number of ether oxygens (including phenoxy) is 1. The van der Waals surface area contributed by atoms with Crippen LogP contribution in [0.15, 0.2) is 28.7 Å². The van der Waals surface area contributed by atoms with Crippen LogP contribution < -0.4 is 15.4 Å². The minimum Gasteiger partial charge on any atom is -0.495 e. The number of anilines is 2. The molecule has 0 aliphatic heterocycles. The second kappa shape index (κ2) is 10.3. The van der Waals surface area contributed by atoms with E-state index in [4.69, 9.17) is 9.15 Å². The van der Waals surface area contributed by atoms with Gasteiger partial charge in [0.15, 0.2) is 0 Å². The van der Waals surface area contributed by atoms with Crippen molar-refractivity contribution >= 4 is 23.4 Å². The summed E-state index contributed by atoms with van der Waals surface area (Å²) in [6.45, 7) is 6.07. The lowest BCUT2D eigenvalue weighted by molar-refractivity contribution is -0.120. The summed E-state index contributed by atoms with van der Waals surface area (Å²) >= 11 is 0. The van der Waals surface area contributed by atoms with Gasteiger partial charge < -0.3 is 14.5 Å². The Kier molecular flexibility index (Phi) is 7.80. The lowest BCUT2D eigenvalue weighted by Gasteiger charge is -2.20. The average molecular weight is 398 g/mol. The minimum absolute atomic E-state index is 0.00313. The zero-order chi connectivity index (χ0) is 21.4. The lowest BCUT2D eigenvalue weighted by Crippen LogP contribution is -2.39. The first-order valence-corrected chi connectivity index (χ1v) is 9.34. The van der Waals surface area contributed by atoms with Crippen molar-refractivity contribution in [1.29, 1.82) is 5.26 Å². The van der Waals surface area contributed by atoms with Crippen LogP contribution in [0.1, 0.15) is 30.2 Å². The van der Waals surface area contributed by atoms with Crippen molar-refractivity contribution in [2.24, 2.45) is 0 Å². The molecule has 2 amide bonds. The molecule has 0 atom stereocenters. The summed E-state index contributed by atoms with van der Waals surface area (Å²) in [5, 5.41) is 14.7. The Morgan fingerprint density at radius 3 is 2.45 bits per heavy atom. The normalized spacial score (nSPS) is 10.5. The van der Waals surface area contributed by atoms with Crippen molar-refractivity contribution in [2.45, 2.75) is 27.2 Å². The number of carbonyl (C=O) groups excluding carboxylic acids is 2. The molecule has 154 valence electrons. The molecule has 1 aromatic carbocycles. The van der Waals surface area contributed by atoms with Crippen molar-refractivity contribution < 1.29 is 18.7 Å². The standard InChI is InChI=1S/C21H26N4O4/c1-5-10-25(12-19(26)23-17-8-6-7-9-18(17)28-4)13-20(27)24-21-16(11-22)14(2)15(3)29-21/h6-9H,5,10,12-13H2,1-4H3,(H,23,26)(H,24,27). The summed E-state index contributed by atoms with van der Waals surface area (Å²) in [4.78, 5) is 26.6. The van der Waals surface area contributed by atoms with Gasteiger partial charge in [0.25, 0.3) is 0 Å². The van der Waals surface area contributed by atoms with Gasteiger partial charge in [0.05, 0.1) is 25.9 Å². The molecule has 0 bridgehead atoms. The summed E-state index contributed by atoms with van der Waals surface area (Å²) in [7, 11) is 1.53. The number of nitriles is 1. The molecule has 0 aliphatic rings. The third-order valence-electron chi connectivity index (χ3n) is 4.41. The van der Waals surface area contributed by atoms with Gasteiger partial charge in [-0.3, -0.25) is 19.8 Å². The van der Waals surface area contributed by atoms with Gasteiger partial charge in [-0.2, -0.15) is 5.26 Å². The summed E-state index contributed by atoms with van der Waals surface area (Å²) in [5.41, 5.74) is 1.58. The number of para-hydroxylation sites is 2. The van der Waals surface area contributed by atoms with E-state index in [9.17, 15) is 14.9 Å². The lowest BCUT2D eigenvalue weighted by atomic mass is 10.2. The molecule has 0 saturated carbocycles. The van der Waals surface area contributed by atoms with Crippen LogP contribution in [0.25, 0.3) is 0 Å². The van der Waals surface area contributed by atoms with Gasteiger partial charge >= 0.3 is 0 Å². The minimum atomic E-state index is -0.353. The zero-order valence-corrected chi connectivity index (χ0v) is 17.2. The van der Waals surface area contributed by atoms with E-state index in [0.29, 0.717) is 34.9 Å². The molecule has 0 fully saturated rings. The molecular formula is C21H26N4O4. The fraction of sp³-hybridized carbons (Fsp3) is 0.381.